The van der Waals surface area contributed by atoms with Crippen molar-refractivity contribution in [1.29, 1.82) is 0 Å². The van der Waals surface area contributed by atoms with Crippen molar-refractivity contribution in [2.75, 3.05) is 0 Å². The van der Waals surface area contributed by atoms with Gasteiger partial charge in [0.15, 0.2) is 0 Å². The van der Waals surface area contributed by atoms with Crippen LogP contribution in [0.15, 0.2) is 30.3 Å². The summed E-state index contributed by atoms with van der Waals surface area (Å²) in [5, 5.41) is 30.8. The van der Waals surface area contributed by atoms with Gasteiger partial charge in [-0.25, -0.2) is 0 Å². The van der Waals surface area contributed by atoms with E-state index in [0.29, 0.717) is 19.3 Å². The molecule has 5 nitrogen and oxygen atoms in total. The van der Waals surface area contributed by atoms with Crippen molar-refractivity contribution >= 4 is 33.2 Å². The van der Waals surface area contributed by atoms with Gasteiger partial charge < -0.3 is 15.3 Å². The molecular weight excluding hydrogens is 388 g/mol. The summed E-state index contributed by atoms with van der Waals surface area (Å²) in [6, 6.07) is 10.1. The minimum atomic E-state index is -0.767. The van der Waals surface area contributed by atoms with Gasteiger partial charge in [-0.1, -0.05) is 37.5 Å². The molecule has 0 bridgehead atoms. The number of aliphatic carboxylic acids is 1. The molecule has 1 aliphatic rings. The fourth-order valence-corrected chi connectivity index (χ4v) is 5.52. The van der Waals surface area contributed by atoms with Crippen LogP contribution in [0.25, 0.3) is 10.1 Å². The molecule has 29 heavy (non-hydrogen) atoms. The Bertz CT molecular complexity index is 797. The SMILES string of the molecule is O=C(O)CCCCCC[C@H]1C(=O)C[C@@H](O)[C@@H]1CC[C@@H](O)c1cc2ccccc2s1. The Morgan fingerprint density at radius 3 is 2.66 bits per heavy atom. The van der Waals surface area contributed by atoms with Gasteiger partial charge >= 0.3 is 5.97 Å². The van der Waals surface area contributed by atoms with Crippen molar-refractivity contribution in [2.24, 2.45) is 11.8 Å². The molecule has 3 N–H and O–H groups in total. The lowest BCUT2D eigenvalue weighted by atomic mass is 9.85. The molecule has 1 aromatic carbocycles. The van der Waals surface area contributed by atoms with E-state index in [-0.39, 0.29) is 30.5 Å². The summed E-state index contributed by atoms with van der Waals surface area (Å²) in [5.74, 6) is -0.870. The highest BCUT2D eigenvalue weighted by Gasteiger charge is 2.40. The zero-order valence-electron chi connectivity index (χ0n) is 16.6. The Morgan fingerprint density at radius 2 is 1.90 bits per heavy atom. The summed E-state index contributed by atoms with van der Waals surface area (Å²) in [6.07, 6.45) is 4.43. The van der Waals surface area contributed by atoms with Crippen molar-refractivity contribution in [2.45, 2.75) is 70.0 Å². The van der Waals surface area contributed by atoms with E-state index < -0.39 is 18.2 Å². The van der Waals surface area contributed by atoms with E-state index in [1.807, 2.05) is 30.3 Å². The minimum Gasteiger partial charge on any atom is -0.481 e. The van der Waals surface area contributed by atoms with E-state index in [1.54, 1.807) is 11.3 Å². The highest BCUT2D eigenvalue weighted by molar-refractivity contribution is 7.19. The average Bonchev–Trinajstić information content (AvgIpc) is 3.23. The van der Waals surface area contributed by atoms with Gasteiger partial charge in [-0.05, 0) is 49.1 Å². The van der Waals surface area contributed by atoms with Crippen LogP contribution in [0.1, 0.15) is 68.8 Å². The van der Waals surface area contributed by atoms with Crippen LogP contribution in [0.4, 0.5) is 0 Å². The van der Waals surface area contributed by atoms with Crippen molar-refractivity contribution in [3.05, 3.63) is 35.2 Å². The third-order valence-corrected chi connectivity index (χ3v) is 7.25. The van der Waals surface area contributed by atoms with Crippen LogP contribution in [0, 0.1) is 11.8 Å². The maximum absolute atomic E-state index is 12.3. The van der Waals surface area contributed by atoms with Gasteiger partial charge in [0, 0.05) is 28.3 Å². The second kappa shape index (κ2) is 10.3. The first kappa shape index (κ1) is 21.9. The van der Waals surface area contributed by atoms with Gasteiger partial charge in [0.05, 0.1) is 12.2 Å². The summed E-state index contributed by atoms with van der Waals surface area (Å²) in [7, 11) is 0. The maximum atomic E-state index is 12.3. The number of carboxylic acid groups (broad SMARTS) is 1. The number of Topliss-reactive ketones (excluding diaryl/α,β-unsaturated/α-hetero) is 1. The quantitative estimate of drug-likeness (QED) is 0.460. The third kappa shape index (κ3) is 5.87. The Hall–Kier alpha value is -1.76. The first-order chi connectivity index (χ1) is 14.0. The lowest BCUT2D eigenvalue weighted by Crippen LogP contribution is -2.21. The van der Waals surface area contributed by atoms with Crippen LogP contribution in [0.2, 0.25) is 0 Å². The largest absolute Gasteiger partial charge is 0.481 e. The number of thiophene rings is 1. The lowest BCUT2D eigenvalue weighted by Gasteiger charge is -2.22. The van der Waals surface area contributed by atoms with Crippen LogP contribution in [0.3, 0.4) is 0 Å². The standard InChI is InChI=1S/C23H30O5S/c24-18(22-13-15-7-5-6-9-21(15)29-22)12-11-17-16(19(25)14-20(17)26)8-3-1-2-4-10-23(27)28/h5-7,9,13,16-18,20,24,26H,1-4,8,10-12,14H2,(H,27,28)/t16-,17-,18-,20-/m1/s1. The second-order valence-electron chi connectivity index (χ2n) is 8.13. The Labute approximate surface area is 175 Å². The second-order valence-corrected chi connectivity index (χ2v) is 9.25. The summed E-state index contributed by atoms with van der Waals surface area (Å²) in [4.78, 5) is 23.8. The highest BCUT2D eigenvalue weighted by Crippen LogP contribution is 2.39. The number of ketones is 1. The van der Waals surface area contributed by atoms with Gasteiger partial charge in [0.25, 0.3) is 0 Å². The number of rotatable bonds is 11. The Balaban J connectivity index is 1.49. The molecule has 158 valence electrons. The number of carboxylic acids is 1. The van der Waals surface area contributed by atoms with E-state index in [1.165, 1.54) is 0 Å². The van der Waals surface area contributed by atoms with E-state index in [9.17, 15) is 19.8 Å². The summed E-state index contributed by atoms with van der Waals surface area (Å²) in [6.45, 7) is 0. The molecule has 1 aliphatic carbocycles. The van der Waals surface area contributed by atoms with Gasteiger partial charge in [0.2, 0.25) is 0 Å². The fraction of sp³-hybridized carbons (Fsp3) is 0.565. The number of aliphatic hydroxyl groups excluding tert-OH is 2. The normalized spacial score (nSPS) is 23.0. The van der Waals surface area contributed by atoms with E-state index in [0.717, 1.165) is 40.6 Å². The van der Waals surface area contributed by atoms with Crippen molar-refractivity contribution in [3.8, 4) is 0 Å². The van der Waals surface area contributed by atoms with Crippen LogP contribution < -0.4 is 0 Å². The molecule has 1 saturated carbocycles. The number of carbonyl (C=O) groups is 2. The van der Waals surface area contributed by atoms with Crippen molar-refractivity contribution < 1.29 is 24.9 Å². The number of fused-ring (bicyclic) bond motifs is 1. The molecule has 0 unspecified atom stereocenters. The number of carbonyl (C=O) groups excluding carboxylic acids is 1. The molecule has 4 atom stereocenters. The third-order valence-electron chi connectivity index (χ3n) is 6.04. The monoisotopic (exact) mass is 418 g/mol. The van der Waals surface area contributed by atoms with Crippen LogP contribution >= 0.6 is 11.3 Å². The van der Waals surface area contributed by atoms with Crippen molar-refractivity contribution in [3.63, 3.8) is 0 Å². The van der Waals surface area contributed by atoms with E-state index >= 15 is 0 Å². The molecule has 6 heteroatoms. The van der Waals surface area contributed by atoms with Crippen LogP contribution in [-0.2, 0) is 9.59 Å². The predicted octanol–water partition coefficient (Wildman–Crippen LogP) is 4.71. The molecule has 0 amide bonds. The molecule has 1 fully saturated rings. The molecule has 2 aromatic rings. The average molecular weight is 419 g/mol. The van der Waals surface area contributed by atoms with Gasteiger partial charge in [-0.2, -0.15) is 0 Å². The zero-order valence-corrected chi connectivity index (χ0v) is 17.4. The molecule has 0 spiro atoms. The topological polar surface area (TPSA) is 94.8 Å². The molecule has 0 radical (unpaired) electrons. The highest BCUT2D eigenvalue weighted by atomic mass is 32.1. The van der Waals surface area contributed by atoms with Crippen LogP contribution in [0.5, 0.6) is 0 Å². The molecular formula is C23H30O5S. The first-order valence-corrected chi connectivity index (χ1v) is 11.4. The van der Waals surface area contributed by atoms with E-state index in [2.05, 4.69) is 0 Å². The molecule has 1 aromatic heterocycles. The Kier molecular flexibility index (Phi) is 7.81. The Morgan fingerprint density at radius 1 is 1.14 bits per heavy atom. The summed E-state index contributed by atoms with van der Waals surface area (Å²) in [5.41, 5.74) is 0. The molecule has 0 aliphatic heterocycles. The maximum Gasteiger partial charge on any atom is 0.303 e. The van der Waals surface area contributed by atoms with Crippen molar-refractivity contribution in [1.82, 2.24) is 0 Å². The minimum absolute atomic E-state index is 0.0921. The molecule has 0 saturated heterocycles. The summed E-state index contributed by atoms with van der Waals surface area (Å²) < 4.78 is 1.15. The molecule has 1 heterocycles. The van der Waals surface area contributed by atoms with Gasteiger partial charge in [-0.3, -0.25) is 9.59 Å². The number of hydrogen-bond donors (Lipinski definition) is 3. The lowest BCUT2D eigenvalue weighted by molar-refractivity contribution is -0.137. The van der Waals surface area contributed by atoms with E-state index in [4.69, 9.17) is 5.11 Å². The number of benzene rings is 1. The molecule has 3 rings (SSSR count). The fourth-order valence-electron chi connectivity index (χ4n) is 4.44. The predicted molar refractivity (Wildman–Crippen MR) is 114 cm³/mol. The summed E-state index contributed by atoms with van der Waals surface area (Å²) >= 11 is 1.59. The smallest absolute Gasteiger partial charge is 0.303 e. The first-order valence-electron chi connectivity index (χ1n) is 10.5. The van der Waals surface area contributed by atoms with Gasteiger partial charge in [0.1, 0.15) is 5.78 Å². The van der Waals surface area contributed by atoms with Crippen LogP contribution in [-0.4, -0.2) is 33.2 Å². The number of aliphatic hydroxyl groups is 2. The zero-order chi connectivity index (χ0) is 20.8. The number of unbranched alkanes of at least 4 members (excludes halogenated alkanes) is 3. The van der Waals surface area contributed by atoms with Gasteiger partial charge in [-0.15, -0.1) is 11.3 Å². The number of hydrogen-bond acceptors (Lipinski definition) is 5.